The number of aromatic nitrogens is 4. The Hall–Kier alpha value is -5.97. The van der Waals surface area contributed by atoms with Gasteiger partial charge in [0, 0.05) is 74.9 Å². The minimum absolute atomic E-state index is 0.0202. The van der Waals surface area contributed by atoms with E-state index >= 15 is 0 Å². The molecule has 3 N–H and O–H groups in total. The van der Waals surface area contributed by atoms with Crippen LogP contribution in [0.2, 0.25) is 0 Å². The van der Waals surface area contributed by atoms with Gasteiger partial charge in [0.05, 0.1) is 57.4 Å². The highest BCUT2D eigenvalue weighted by molar-refractivity contribution is 7.10. The molecule has 1 saturated carbocycles. The van der Waals surface area contributed by atoms with E-state index in [1.54, 1.807) is 24.6 Å². The molecule has 7 aromatic rings. The largest absolute Gasteiger partial charge is 0.491 e. The van der Waals surface area contributed by atoms with Crippen LogP contribution in [0.4, 0.5) is 0 Å². The molecule has 15 heteroatoms. The van der Waals surface area contributed by atoms with Gasteiger partial charge in [0.15, 0.2) is 0 Å². The van der Waals surface area contributed by atoms with Gasteiger partial charge in [-0.05, 0) is 86.9 Å². The zero-order chi connectivity index (χ0) is 46.7. The standard InChI is InChI=1S/C53H61N7O7S/c1-35(54-2)51(61)59-50(36-9-4-3-5-10-36)53(62)60-22-8-13-47(60)52-58-46(34-68-52)40-17-18-48(42-12-7-6-11-39(40)42)66-29-27-64-25-23-63-24-26-65-28-30-67-49-19-15-38(32-56-49)37-14-16-41-43-33-55-21-20-44(43)57-45(41)31-37/h6-7,11-12,14-21,31-36,47,50,54,57H,3-5,8-10,13,22-30H2,1-2H3,(H,59,61)/t35-,47-,50-/m0/s1. The fourth-order valence-corrected chi connectivity index (χ4v) is 10.4. The number of aromatic amines is 1. The summed E-state index contributed by atoms with van der Waals surface area (Å²) in [6.45, 7) is 5.93. The number of amides is 2. The van der Waals surface area contributed by atoms with E-state index in [1.165, 1.54) is 6.42 Å². The van der Waals surface area contributed by atoms with E-state index < -0.39 is 6.04 Å². The Kier molecular flexibility index (Phi) is 15.9. The zero-order valence-corrected chi connectivity index (χ0v) is 39.7. The van der Waals surface area contributed by atoms with E-state index in [2.05, 4.69) is 67.4 Å². The highest BCUT2D eigenvalue weighted by atomic mass is 32.1. The minimum atomic E-state index is -0.522. The Bertz CT molecular complexity index is 2770. The van der Waals surface area contributed by atoms with Gasteiger partial charge in [0.1, 0.15) is 30.0 Å². The number of hydrogen-bond donors (Lipinski definition) is 3. The lowest BCUT2D eigenvalue weighted by Crippen LogP contribution is -2.55. The molecule has 1 aliphatic carbocycles. The summed E-state index contributed by atoms with van der Waals surface area (Å²) in [4.78, 5) is 46.7. The number of thiazole rings is 1. The van der Waals surface area contributed by atoms with Crippen LogP contribution < -0.4 is 20.1 Å². The van der Waals surface area contributed by atoms with Crippen molar-refractivity contribution in [1.82, 2.24) is 35.5 Å². The third-order valence-corrected chi connectivity index (χ3v) is 14.1. The molecular weight excluding hydrogens is 879 g/mol. The predicted molar refractivity (Wildman–Crippen MR) is 266 cm³/mol. The van der Waals surface area contributed by atoms with E-state index in [0.29, 0.717) is 65.3 Å². The second-order valence-electron chi connectivity index (χ2n) is 17.5. The van der Waals surface area contributed by atoms with Crippen molar-refractivity contribution < 1.29 is 33.3 Å². The molecule has 0 unspecified atom stereocenters. The highest BCUT2D eigenvalue weighted by Crippen LogP contribution is 2.40. The Morgan fingerprint density at radius 1 is 0.765 bits per heavy atom. The van der Waals surface area contributed by atoms with E-state index in [9.17, 15) is 9.59 Å². The third-order valence-electron chi connectivity index (χ3n) is 13.2. The van der Waals surface area contributed by atoms with Gasteiger partial charge in [0.2, 0.25) is 17.7 Å². The fraction of sp³-hybridized carbons (Fsp3) is 0.415. The lowest BCUT2D eigenvalue weighted by Gasteiger charge is -2.35. The maximum absolute atomic E-state index is 14.3. The first-order chi connectivity index (χ1) is 33.4. The second-order valence-corrected chi connectivity index (χ2v) is 18.4. The quantitative estimate of drug-likeness (QED) is 0.0557. The van der Waals surface area contributed by atoms with Crippen molar-refractivity contribution in [3.63, 3.8) is 0 Å². The summed E-state index contributed by atoms with van der Waals surface area (Å²) in [6, 6.07) is 23.5. The topological polar surface area (TPSA) is 162 Å². The summed E-state index contributed by atoms with van der Waals surface area (Å²) in [5, 5.41) is 13.5. The van der Waals surface area contributed by atoms with E-state index in [-0.39, 0.29) is 29.8 Å². The van der Waals surface area contributed by atoms with E-state index in [0.717, 1.165) is 104 Å². The number of H-pyrrole nitrogens is 1. The van der Waals surface area contributed by atoms with E-state index in [4.69, 9.17) is 28.7 Å². The van der Waals surface area contributed by atoms with Gasteiger partial charge >= 0.3 is 0 Å². The van der Waals surface area contributed by atoms with Crippen molar-refractivity contribution in [3.05, 3.63) is 102 Å². The van der Waals surface area contributed by atoms with Crippen molar-refractivity contribution in [1.29, 1.82) is 0 Å². The number of pyridine rings is 2. The Balaban J connectivity index is 0.679. The molecule has 356 valence electrons. The summed E-state index contributed by atoms with van der Waals surface area (Å²) in [5.41, 5.74) is 6.11. The van der Waals surface area contributed by atoms with Gasteiger partial charge in [-0.1, -0.05) is 55.7 Å². The van der Waals surface area contributed by atoms with Crippen LogP contribution in [0.15, 0.2) is 96.8 Å². The molecule has 3 aromatic carbocycles. The van der Waals surface area contributed by atoms with Crippen molar-refractivity contribution in [2.45, 2.75) is 70.0 Å². The smallest absolute Gasteiger partial charge is 0.246 e. The number of benzene rings is 3. The first-order valence-electron chi connectivity index (χ1n) is 24.0. The lowest BCUT2D eigenvalue weighted by atomic mass is 9.83. The molecule has 68 heavy (non-hydrogen) atoms. The molecule has 0 spiro atoms. The number of fused-ring (bicyclic) bond motifs is 4. The molecule has 2 amide bonds. The Labute approximate surface area is 401 Å². The molecule has 0 radical (unpaired) electrons. The average Bonchev–Trinajstić information content (AvgIpc) is 4.16. The molecule has 1 saturated heterocycles. The van der Waals surface area contributed by atoms with Crippen LogP contribution in [0.25, 0.3) is 55.0 Å². The SMILES string of the molecule is CN[C@@H](C)C(=O)N[C@H](C(=O)N1CCC[C@H]1c1nc(-c2ccc(OCCOCCOCCOCCOc3ccc(-c4ccc5c(c4)[nH]c4ccncc45)cn3)c3ccccc23)cs1)C1CCCCC1. The van der Waals surface area contributed by atoms with Crippen molar-refractivity contribution >= 4 is 55.7 Å². The van der Waals surface area contributed by atoms with Gasteiger partial charge in [-0.25, -0.2) is 9.97 Å². The third kappa shape index (κ3) is 11.1. The van der Waals surface area contributed by atoms with Gasteiger partial charge in [-0.3, -0.25) is 14.6 Å². The summed E-state index contributed by atoms with van der Waals surface area (Å²) >= 11 is 1.60. The molecule has 0 bridgehead atoms. The number of hydrogen-bond acceptors (Lipinski definition) is 12. The summed E-state index contributed by atoms with van der Waals surface area (Å²) in [7, 11) is 1.77. The van der Waals surface area contributed by atoms with Crippen LogP contribution in [0, 0.1) is 5.92 Å². The molecule has 2 aliphatic rings. The summed E-state index contributed by atoms with van der Waals surface area (Å²) < 4.78 is 29.2. The molecule has 4 aromatic heterocycles. The second kappa shape index (κ2) is 22.9. The summed E-state index contributed by atoms with van der Waals surface area (Å²) in [5.74, 6) is 1.36. The number of carbonyl (C=O) groups is 2. The van der Waals surface area contributed by atoms with Crippen LogP contribution in [-0.2, 0) is 23.8 Å². The van der Waals surface area contributed by atoms with Crippen molar-refractivity contribution in [2.24, 2.45) is 5.92 Å². The lowest BCUT2D eigenvalue weighted by molar-refractivity contribution is -0.139. The molecule has 9 rings (SSSR count). The number of carbonyl (C=O) groups excluding carboxylic acids is 2. The number of nitrogens with one attached hydrogen (secondary N) is 3. The first kappa shape index (κ1) is 47.1. The fourth-order valence-electron chi connectivity index (χ4n) is 9.43. The number of likely N-dealkylation sites (tertiary alicyclic amines) is 1. The monoisotopic (exact) mass is 939 g/mol. The van der Waals surface area contributed by atoms with Crippen LogP contribution >= 0.6 is 11.3 Å². The maximum atomic E-state index is 14.3. The molecule has 1 aliphatic heterocycles. The average molecular weight is 940 g/mol. The molecule has 3 atom stereocenters. The zero-order valence-electron chi connectivity index (χ0n) is 38.9. The Morgan fingerprint density at radius 3 is 2.28 bits per heavy atom. The number of rotatable bonds is 22. The Morgan fingerprint density at radius 2 is 1.51 bits per heavy atom. The first-order valence-corrected chi connectivity index (χ1v) is 24.9. The normalized spacial score (nSPS) is 16.4. The number of likely N-dealkylation sites (N-methyl/N-ethyl adjacent to an activating group) is 1. The predicted octanol–water partition coefficient (Wildman–Crippen LogP) is 8.90. The minimum Gasteiger partial charge on any atom is -0.491 e. The van der Waals surface area contributed by atoms with Crippen LogP contribution in [0.3, 0.4) is 0 Å². The van der Waals surface area contributed by atoms with Crippen LogP contribution in [0.5, 0.6) is 11.6 Å². The molecule has 5 heterocycles. The van der Waals surface area contributed by atoms with Gasteiger partial charge in [-0.15, -0.1) is 11.3 Å². The maximum Gasteiger partial charge on any atom is 0.246 e. The molecular formula is C53H61N7O7S. The van der Waals surface area contributed by atoms with Crippen LogP contribution in [0.1, 0.15) is 62.9 Å². The molecule has 14 nitrogen and oxygen atoms in total. The number of ether oxygens (including phenoxy) is 5. The van der Waals surface area contributed by atoms with Crippen molar-refractivity contribution in [3.8, 4) is 34.0 Å². The highest BCUT2D eigenvalue weighted by Gasteiger charge is 2.40. The molecule has 2 fully saturated rings. The van der Waals surface area contributed by atoms with Gasteiger partial charge in [-0.2, -0.15) is 0 Å². The summed E-state index contributed by atoms with van der Waals surface area (Å²) in [6.07, 6.45) is 12.5. The van der Waals surface area contributed by atoms with Gasteiger partial charge < -0.3 is 44.2 Å². The van der Waals surface area contributed by atoms with Crippen LogP contribution in [-0.4, -0.2) is 115 Å². The number of nitrogens with zero attached hydrogens (tertiary/aromatic N) is 4. The van der Waals surface area contributed by atoms with Crippen molar-refractivity contribution in [2.75, 3.05) is 66.4 Å². The van der Waals surface area contributed by atoms with Gasteiger partial charge in [0.25, 0.3) is 0 Å². The van der Waals surface area contributed by atoms with E-state index in [1.807, 2.05) is 60.6 Å².